The molecule has 1 fully saturated rings. The molecule has 1 heterocycles. The Bertz CT molecular complexity index is 1440. The number of phenolic OH excluding ortho intramolecular Hbond substituents is 2. The van der Waals surface area contributed by atoms with E-state index in [1.54, 1.807) is 25.9 Å². The summed E-state index contributed by atoms with van der Waals surface area (Å²) in [6.45, 7) is 0.651. The molecule has 228 valence electrons. The van der Waals surface area contributed by atoms with E-state index < -0.39 is 89.6 Å². The quantitative estimate of drug-likeness (QED) is 0.251. The zero-order chi connectivity index (χ0) is 30.0. The van der Waals surface area contributed by atoms with E-state index in [-0.39, 0.29) is 52.9 Å². The van der Waals surface area contributed by atoms with Crippen LogP contribution in [-0.4, -0.2) is 106 Å². The summed E-state index contributed by atoms with van der Waals surface area (Å²) in [5.41, 5.74) is -3.51. The minimum Gasteiger partial charge on any atom is -0.507 e. The maximum absolute atomic E-state index is 13.7. The van der Waals surface area contributed by atoms with Crippen LogP contribution >= 0.6 is 12.4 Å². The van der Waals surface area contributed by atoms with Gasteiger partial charge in [-0.25, -0.2) is 0 Å². The average Bonchev–Trinajstić information content (AvgIpc) is 2.94. The molecule has 0 spiro atoms. The second-order valence-corrected chi connectivity index (χ2v) is 11.0. The summed E-state index contributed by atoms with van der Waals surface area (Å²) in [5.74, 6) is -3.68. The molecular formula is C29H34ClNO11. The number of aliphatic hydroxyl groups is 3. The molecule has 0 amide bonds. The van der Waals surface area contributed by atoms with Gasteiger partial charge in [0.2, 0.25) is 5.78 Å². The van der Waals surface area contributed by atoms with E-state index in [0.29, 0.717) is 0 Å². The lowest BCUT2D eigenvalue weighted by molar-refractivity contribution is -0.256. The first-order valence-electron chi connectivity index (χ1n) is 13.2. The lowest BCUT2D eigenvalue weighted by Gasteiger charge is -2.44. The van der Waals surface area contributed by atoms with Gasteiger partial charge in [-0.2, -0.15) is 0 Å². The number of nitrogens with zero attached hydrogens (tertiary/aromatic N) is 1. The molecule has 1 saturated heterocycles. The lowest BCUT2D eigenvalue weighted by Crippen LogP contribution is -2.54. The minimum absolute atomic E-state index is 0. The molecule has 1 aliphatic heterocycles. The summed E-state index contributed by atoms with van der Waals surface area (Å²) >= 11 is 0. The van der Waals surface area contributed by atoms with Gasteiger partial charge in [-0.05, 0) is 27.1 Å². The monoisotopic (exact) mass is 607 g/mol. The highest BCUT2D eigenvalue weighted by Crippen LogP contribution is 2.52. The summed E-state index contributed by atoms with van der Waals surface area (Å²) in [6.07, 6.45) is -4.61. The van der Waals surface area contributed by atoms with Gasteiger partial charge in [-0.1, -0.05) is 12.1 Å². The average molecular weight is 608 g/mol. The zero-order valence-corrected chi connectivity index (χ0v) is 24.3. The number of hydrogen-bond acceptors (Lipinski definition) is 12. The number of rotatable bonds is 6. The van der Waals surface area contributed by atoms with Gasteiger partial charge in [-0.15, -0.1) is 12.4 Å². The Balaban J connectivity index is 0.00000405. The second-order valence-electron chi connectivity index (χ2n) is 11.0. The number of benzene rings is 2. The van der Waals surface area contributed by atoms with Crippen LogP contribution in [0.2, 0.25) is 0 Å². The molecule has 3 aliphatic rings. The van der Waals surface area contributed by atoms with Crippen LogP contribution in [0.1, 0.15) is 68.8 Å². The standard InChI is InChI=1S/C29H33NO11.ClH/c1-12-24(33)15(30(2)3)8-19(40-12)41-17-10-29(38,18(32)11-31)9-14-21(17)28(37)23-22(26(14)35)25(34)13-6-5-7-16(39-4)20(13)27(23)36;/h5-7,12,15,17,19,24,31,33,35,37-38H,8-11H2,1-4H3;1H/t12?,15?,17-,19?,24?,29-;/m0./s1. The third kappa shape index (κ3) is 4.86. The highest BCUT2D eigenvalue weighted by Gasteiger charge is 2.50. The highest BCUT2D eigenvalue weighted by atomic mass is 35.5. The van der Waals surface area contributed by atoms with Gasteiger partial charge in [0.25, 0.3) is 0 Å². The van der Waals surface area contributed by atoms with E-state index in [9.17, 15) is 39.9 Å². The molecule has 5 rings (SSSR count). The topological polar surface area (TPSA) is 183 Å². The Kier molecular flexibility index (Phi) is 8.74. The number of carbonyl (C=O) groups excluding carboxylic acids is 3. The SMILES string of the molecule is COc1cccc2c1C(=O)c1c(O)c3c(c(O)c1C2=O)C[C@@](O)(C(=O)CO)C[C@@H]3OC1CC(N(C)C)C(O)C(C)O1.Cl. The molecule has 0 aromatic heterocycles. The third-order valence-corrected chi connectivity index (χ3v) is 8.39. The molecule has 2 aromatic rings. The van der Waals surface area contributed by atoms with Crippen molar-refractivity contribution in [2.75, 3.05) is 27.8 Å². The van der Waals surface area contributed by atoms with E-state index >= 15 is 0 Å². The first-order valence-corrected chi connectivity index (χ1v) is 13.2. The molecule has 13 heteroatoms. The fourth-order valence-corrected chi connectivity index (χ4v) is 6.21. The fourth-order valence-electron chi connectivity index (χ4n) is 6.21. The van der Waals surface area contributed by atoms with Crippen molar-refractivity contribution in [3.63, 3.8) is 0 Å². The van der Waals surface area contributed by atoms with Crippen molar-refractivity contribution in [1.29, 1.82) is 0 Å². The van der Waals surface area contributed by atoms with Crippen molar-refractivity contribution < 1.29 is 54.1 Å². The van der Waals surface area contributed by atoms with E-state index in [1.165, 1.54) is 25.3 Å². The van der Waals surface area contributed by atoms with Crippen molar-refractivity contribution in [1.82, 2.24) is 4.90 Å². The summed E-state index contributed by atoms with van der Waals surface area (Å²) in [7, 11) is 4.89. The maximum atomic E-state index is 13.7. The van der Waals surface area contributed by atoms with E-state index in [2.05, 4.69) is 0 Å². The van der Waals surface area contributed by atoms with Gasteiger partial charge in [0.1, 0.15) is 29.5 Å². The molecule has 42 heavy (non-hydrogen) atoms. The van der Waals surface area contributed by atoms with Gasteiger partial charge in [0, 0.05) is 42.0 Å². The van der Waals surface area contributed by atoms with Crippen LogP contribution in [0, 0.1) is 0 Å². The largest absolute Gasteiger partial charge is 0.507 e. The molecule has 0 bridgehead atoms. The number of phenols is 2. The predicted molar refractivity (Wildman–Crippen MR) is 149 cm³/mol. The molecule has 0 saturated carbocycles. The van der Waals surface area contributed by atoms with Gasteiger partial charge < -0.3 is 44.6 Å². The van der Waals surface area contributed by atoms with Crippen LogP contribution in [0.25, 0.3) is 0 Å². The number of halogens is 1. The summed E-state index contributed by atoms with van der Waals surface area (Å²) < 4.78 is 17.3. The molecule has 2 aliphatic carbocycles. The molecule has 4 unspecified atom stereocenters. The molecule has 0 radical (unpaired) electrons. The number of hydrogen-bond donors (Lipinski definition) is 5. The smallest absolute Gasteiger partial charge is 0.202 e. The molecule has 6 atom stereocenters. The number of likely N-dealkylation sites (N-methyl/N-ethyl adjacent to an activating group) is 1. The van der Waals surface area contributed by atoms with Gasteiger partial charge >= 0.3 is 0 Å². The number of aliphatic hydroxyl groups excluding tert-OH is 2. The first kappa shape index (κ1) is 31.8. The Morgan fingerprint density at radius 3 is 2.40 bits per heavy atom. The molecule has 2 aromatic carbocycles. The number of ketones is 3. The molecular weight excluding hydrogens is 574 g/mol. The second kappa shape index (κ2) is 11.5. The zero-order valence-electron chi connectivity index (χ0n) is 23.5. The van der Waals surface area contributed by atoms with Crippen LogP contribution < -0.4 is 4.74 Å². The number of methoxy groups -OCH3 is 1. The third-order valence-electron chi connectivity index (χ3n) is 8.39. The van der Waals surface area contributed by atoms with Crippen molar-refractivity contribution >= 4 is 29.8 Å². The minimum atomic E-state index is -2.23. The number of fused-ring (bicyclic) bond motifs is 3. The number of ether oxygens (including phenoxy) is 3. The van der Waals surface area contributed by atoms with E-state index in [4.69, 9.17) is 14.2 Å². The van der Waals surface area contributed by atoms with Crippen molar-refractivity contribution in [2.24, 2.45) is 0 Å². The number of aromatic hydroxyl groups is 2. The fraction of sp³-hybridized carbons (Fsp3) is 0.483. The van der Waals surface area contributed by atoms with Gasteiger partial charge in [-0.3, -0.25) is 14.4 Å². The van der Waals surface area contributed by atoms with Crippen LogP contribution in [0.5, 0.6) is 17.2 Å². The van der Waals surface area contributed by atoms with Crippen LogP contribution in [0.15, 0.2) is 18.2 Å². The number of carbonyl (C=O) groups is 3. The molecule has 5 N–H and O–H groups in total. The Morgan fingerprint density at radius 1 is 1.12 bits per heavy atom. The summed E-state index contributed by atoms with van der Waals surface area (Å²) in [4.78, 5) is 41.8. The molecule has 12 nitrogen and oxygen atoms in total. The first-order chi connectivity index (χ1) is 19.3. The van der Waals surface area contributed by atoms with Gasteiger partial charge in [0.15, 0.2) is 17.9 Å². The van der Waals surface area contributed by atoms with Crippen molar-refractivity contribution in [3.8, 4) is 17.2 Å². The number of Topliss-reactive ketones (excluding diaryl/α,β-unsaturated/α-hetero) is 1. The summed E-state index contributed by atoms with van der Waals surface area (Å²) in [5, 5.41) is 54.5. The van der Waals surface area contributed by atoms with E-state index in [1.807, 2.05) is 0 Å². The van der Waals surface area contributed by atoms with Crippen LogP contribution in [0.3, 0.4) is 0 Å². The van der Waals surface area contributed by atoms with E-state index in [0.717, 1.165) is 0 Å². The predicted octanol–water partition coefficient (Wildman–Crippen LogP) is 1.03. The summed E-state index contributed by atoms with van der Waals surface area (Å²) in [6, 6.07) is 4.02. The highest BCUT2D eigenvalue weighted by molar-refractivity contribution is 6.31. The van der Waals surface area contributed by atoms with Crippen molar-refractivity contribution in [3.05, 3.63) is 51.6 Å². The Morgan fingerprint density at radius 2 is 1.79 bits per heavy atom. The van der Waals surface area contributed by atoms with Crippen molar-refractivity contribution in [2.45, 2.75) is 62.4 Å². The van der Waals surface area contributed by atoms with Gasteiger partial charge in [0.05, 0.1) is 42.1 Å². The Hall–Kier alpha value is -3.10. The Labute approximate surface area is 247 Å². The normalized spacial score (nSPS) is 28.4. The van der Waals surface area contributed by atoms with Crippen LogP contribution in [-0.2, 0) is 20.7 Å². The maximum Gasteiger partial charge on any atom is 0.202 e. The van der Waals surface area contributed by atoms with Crippen LogP contribution in [0.4, 0.5) is 0 Å². The lowest BCUT2D eigenvalue weighted by atomic mass is 9.72.